The molecule has 1 atom stereocenters. The number of allylic oxidation sites excluding steroid dienone is 1. The first-order valence-electron chi connectivity index (χ1n) is 6.92. The number of halogens is 2. The van der Waals surface area contributed by atoms with Crippen molar-refractivity contribution in [2.24, 2.45) is 0 Å². The highest BCUT2D eigenvalue weighted by Gasteiger charge is 2.30. The molecule has 0 saturated heterocycles. The fourth-order valence-electron chi connectivity index (χ4n) is 2.26. The van der Waals surface area contributed by atoms with E-state index in [2.05, 4.69) is 15.4 Å². The number of benzene rings is 1. The van der Waals surface area contributed by atoms with Crippen molar-refractivity contribution < 1.29 is 23.0 Å². The van der Waals surface area contributed by atoms with E-state index in [1.54, 1.807) is 26.0 Å². The van der Waals surface area contributed by atoms with E-state index < -0.39 is 18.6 Å². The van der Waals surface area contributed by atoms with Gasteiger partial charge in [0.2, 0.25) is 0 Å². The molecule has 1 aromatic rings. The average molecular weight is 342 g/mol. The molecule has 0 aliphatic carbocycles. The molecular formula is C15H16F2N2O3S. The van der Waals surface area contributed by atoms with E-state index in [9.17, 15) is 13.6 Å². The van der Waals surface area contributed by atoms with E-state index >= 15 is 0 Å². The van der Waals surface area contributed by atoms with Crippen LogP contribution in [0.25, 0.3) is 0 Å². The van der Waals surface area contributed by atoms with Gasteiger partial charge in [0.25, 0.3) is 0 Å². The molecule has 0 amide bonds. The maximum absolute atomic E-state index is 12.2. The van der Waals surface area contributed by atoms with Gasteiger partial charge in [-0.25, -0.2) is 4.79 Å². The standard InChI is InChI=1S/C15H16F2N2O3S/c1-3-21-13(20)11-8(2)18-15(23)19-12(11)9-4-6-10(7-5-9)22-14(16)17/h4-7,12,14H,3H2,1-2H3,(H2,18,19,23). The van der Waals surface area contributed by atoms with Gasteiger partial charge in [0.05, 0.1) is 18.2 Å². The summed E-state index contributed by atoms with van der Waals surface area (Å²) >= 11 is 5.11. The number of nitrogens with one attached hydrogen (secondary N) is 2. The van der Waals surface area contributed by atoms with Crippen molar-refractivity contribution in [1.29, 1.82) is 0 Å². The Hall–Kier alpha value is -2.22. The second-order valence-corrected chi connectivity index (χ2v) is 5.15. The quantitative estimate of drug-likeness (QED) is 0.634. The van der Waals surface area contributed by atoms with Crippen LogP contribution < -0.4 is 15.4 Å². The van der Waals surface area contributed by atoms with E-state index in [1.807, 2.05) is 0 Å². The zero-order chi connectivity index (χ0) is 17.0. The summed E-state index contributed by atoms with van der Waals surface area (Å²) in [7, 11) is 0. The molecule has 1 aliphatic rings. The van der Waals surface area contributed by atoms with E-state index in [1.165, 1.54) is 12.1 Å². The Kier molecular flexibility index (Phi) is 5.49. The largest absolute Gasteiger partial charge is 0.463 e. The minimum Gasteiger partial charge on any atom is -0.463 e. The van der Waals surface area contributed by atoms with Gasteiger partial charge in [0.1, 0.15) is 5.75 Å². The summed E-state index contributed by atoms with van der Waals surface area (Å²) < 4.78 is 33.8. The van der Waals surface area contributed by atoms with E-state index in [4.69, 9.17) is 17.0 Å². The Morgan fingerprint density at radius 2 is 2.00 bits per heavy atom. The maximum atomic E-state index is 12.2. The average Bonchev–Trinajstić information content (AvgIpc) is 2.46. The van der Waals surface area contributed by atoms with Gasteiger partial charge in [0.15, 0.2) is 5.11 Å². The molecule has 2 rings (SSSR count). The molecule has 2 N–H and O–H groups in total. The van der Waals surface area contributed by atoms with Crippen LogP contribution in [0, 0.1) is 0 Å². The van der Waals surface area contributed by atoms with Crippen LogP contribution in [-0.2, 0) is 9.53 Å². The summed E-state index contributed by atoms with van der Waals surface area (Å²) in [6.07, 6.45) is 0. The smallest absolute Gasteiger partial charge is 0.387 e. The van der Waals surface area contributed by atoms with Crippen LogP contribution in [0.5, 0.6) is 5.75 Å². The third kappa shape index (κ3) is 4.16. The minimum absolute atomic E-state index is 0.0404. The second kappa shape index (κ2) is 7.36. The van der Waals surface area contributed by atoms with Gasteiger partial charge < -0.3 is 20.1 Å². The van der Waals surface area contributed by atoms with Gasteiger partial charge in [-0.2, -0.15) is 8.78 Å². The lowest BCUT2D eigenvalue weighted by molar-refractivity contribution is -0.139. The van der Waals surface area contributed by atoms with E-state index in [-0.39, 0.29) is 12.4 Å². The fourth-order valence-corrected chi connectivity index (χ4v) is 2.54. The van der Waals surface area contributed by atoms with Gasteiger partial charge >= 0.3 is 12.6 Å². The second-order valence-electron chi connectivity index (χ2n) is 4.74. The number of thiocarbonyl (C=S) groups is 1. The molecule has 0 bridgehead atoms. The van der Waals surface area contributed by atoms with Crippen LogP contribution in [0.4, 0.5) is 8.78 Å². The Balaban J connectivity index is 2.32. The molecule has 8 heteroatoms. The predicted molar refractivity (Wildman–Crippen MR) is 84.0 cm³/mol. The Bertz CT molecular complexity index is 632. The fraction of sp³-hybridized carbons (Fsp3) is 0.333. The first kappa shape index (κ1) is 17.1. The highest BCUT2D eigenvalue weighted by molar-refractivity contribution is 7.80. The molecule has 1 unspecified atom stereocenters. The van der Waals surface area contributed by atoms with Crippen LogP contribution >= 0.6 is 12.2 Å². The number of carbonyl (C=O) groups is 1. The highest BCUT2D eigenvalue weighted by atomic mass is 32.1. The van der Waals surface area contributed by atoms with Crippen molar-refractivity contribution >= 4 is 23.3 Å². The molecule has 23 heavy (non-hydrogen) atoms. The van der Waals surface area contributed by atoms with Gasteiger partial charge in [-0.3, -0.25) is 0 Å². The number of ether oxygens (including phenoxy) is 2. The van der Waals surface area contributed by atoms with Crippen LogP contribution in [0.1, 0.15) is 25.5 Å². The first-order chi connectivity index (χ1) is 10.9. The lowest BCUT2D eigenvalue weighted by Crippen LogP contribution is -2.45. The molecule has 0 radical (unpaired) electrons. The molecule has 1 aromatic carbocycles. The van der Waals surface area contributed by atoms with Crippen molar-refractivity contribution in [3.8, 4) is 5.75 Å². The summed E-state index contributed by atoms with van der Waals surface area (Å²) in [4.78, 5) is 12.2. The number of alkyl halides is 2. The zero-order valence-electron chi connectivity index (χ0n) is 12.6. The molecule has 0 fully saturated rings. The molecule has 5 nitrogen and oxygen atoms in total. The Morgan fingerprint density at radius 1 is 1.35 bits per heavy atom. The number of carbonyl (C=O) groups excluding carboxylic acids is 1. The van der Waals surface area contributed by atoms with Crippen molar-refractivity contribution in [3.05, 3.63) is 41.1 Å². The van der Waals surface area contributed by atoms with Gasteiger partial charge in [0, 0.05) is 5.70 Å². The van der Waals surface area contributed by atoms with E-state index in [0.717, 1.165) is 0 Å². The summed E-state index contributed by atoms with van der Waals surface area (Å²) in [5.41, 5.74) is 1.66. The normalized spacial score (nSPS) is 17.6. The maximum Gasteiger partial charge on any atom is 0.387 e. The molecule has 0 aromatic heterocycles. The van der Waals surface area contributed by atoms with Crippen LogP contribution in [-0.4, -0.2) is 24.3 Å². The first-order valence-corrected chi connectivity index (χ1v) is 7.33. The molecule has 124 valence electrons. The summed E-state index contributed by atoms with van der Waals surface area (Å²) in [6.45, 7) is 0.796. The number of rotatable bonds is 5. The molecular weight excluding hydrogens is 326 g/mol. The molecule has 0 saturated carbocycles. The predicted octanol–water partition coefficient (Wildman–Crippen LogP) is 2.64. The lowest BCUT2D eigenvalue weighted by Gasteiger charge is -2.29. The van der Waals surface area contributed by atoms with Crippen molar-refractivity contribution in [3.63, 3.8) is 0 Å². The van der Waals surface area contributed by atoms with Crippen LogP contribution in [0.15, 0.2) is 35.5 Å². The lowest BCUT2D eigenvalue weighted by atomic mass is 9.95. The highest BCUT2D eigenvalue weighted by Crippen LogP contribution is 2.29. The van der Waals surface area contributed by atoms with Gasteiger partial charge in [-0.1, -0.05) is 12.1 Å². The zero-order valence-corrected chi connectivity index (χ0v) is 13.4. The molecule has 1 aliphatic heterocycles. The topological polar surface area (TPSA) is 59.6 Å². The van der Waals surface area contributed by atoms with Gasteiger partial charge in [-0.05, 0) is 43.8 Å². The Labute approximate surface area is 137 Å². The summed E-state index contributed by atoms with van der Waals surface area (Å²) in [5, 5.41) is 6.24. The SMILES string of the molecule is CCOC(=O)C1=C(C)NC(=S)NC1c1ccc(OC(F)F)cc1. The summed E-state index contributed by atoms with van der Waals surface area (Å²) in [5.74, 6) is -0.427. The van der Waals surface area contributed by atoms with Crippen molar-refractivity contribution in [1.82, 2.24) is 10.6 Å². The monoisotopic (exact) mass is 342 g/mol. The Morgan fingerprint density at radius 3 is 2.57 bits per heavy atom. The third-order valence-corrected chi connectivity index (χ3v) is 3.42. The number of hydrogen-bond donors (Lipinski definition) is 2. The van der Waals surface area contributed by atoms with Gasteiger partial charge in [-0.15, -0.1) is 0 Å². The minimum atomic E-state index is -2.89. The number of esters is 1. The van der Waals surface area contributed by atoms with Crippen LogP contribution in [0.3, 0.4) is 0 Å². The number of hydrogen-bond acceptors (Lipinski definition) is 4. The third-order valence-electron chi connectivity index (χ3n) is 3.20. The van der Waals surface area contributed by atoms with E-state index in [0.29, 0.717) is 21.9 Å². The summed E-state index contributed by atoms with van der Waals surface area (Å²) in [6, 6.07) is 5.48. The molecule has 0 spiro atoms. The van der Waals surface area contributed by atoms with Crippen molar-refractivity contribution in [2.75, 3.05) is 6.61 Å². The van der Waals surface area contributed by atoms with Crippen LogP contribution in [0.2, 0.25) is 0 Å². The van der Waals surface area contributed by atoms with Crippen molar-refractivity contribution in [2.45, 2.75) is 26.5 Å². The molecule has 1 heterocycles.